The van der Waals surface area contributed by atoms with E-state index in [1.165, 1.54) is 12.3 Å². The Labute approximate surface area is 210 Å². The fourth-order valence-electron chi connectivity index (χ4n) is 4.44. The number of oxazole rings is 1. The first-order chi connectivity index (χ1) is 17.3. The van der Waals surface area contributed by atoms with E-state index in [0.29, 0.717) is 37.0 Å². The van der Waals surface area contributed by atoms with Crippen molar-refractivity contribution in [3.8, 4) is 28.5 Å². The van der Waals surface area contributed by atoms with E-state index >= 15 is 0 Å². The minimum Gasteiger partial charge on any atom is -0.493 e. The van der Waals surface area contributed by atoms with Crippen LogP contribution >= 0.6 is 0 Å². The van der Waals surface area contributed by atoms with E-state index in [1.807, 2.05) is 20.8 Å². The van der Waals surface area contributed by atoms with Gasteiger partial charge >= 0.3 is 12.1 Å². The highest BCUT2D eigenvalue weighted by Gasteiger charge is 2.37. The first-order valence-electron chi connectivity index (χ1n) is 11.6. The number of alkyl halides is 3. The molecule has 1 aliphatic rings. The smallest absolute Gasteiger partial charge is 0.436 e. The average Bonchev–Trinajstić information content (AvgIpc) is 3.30. The Balaban J connectivity index is 1.92. The number of nitrogens with zero attached hydrogens (tertiary/aromatic N) is 2. The number of rotatable bonds is 7. The van der Waals surface area contributed by atoms with Crippen LogP contribution in [0.4, 0.5) is 13.2 Å². The molecule has 0 radical (unpaired) electrons. The molecule has 1 aromatic carbocycles. The fraction of sp³-hybridized carbons (Fsp3) is 0.423. The fourth-order valence-corrected chi connectivity index (χ4v) is 4.44. The quantitative estimate of drug-likeness (QED) is 0.414. The first kappa shape index (κ1) is 26.5. The van der Waals surface area contributed by atoms with Gasteiger partial charge in [0, 0.05) is 44.0 Å². The Bertz CT molecular complexity index is 1380. The maximum Gasteiger partial charge on any atom is 0.436 e. The van der Waals surface area contributed by atoms with Crippen LogP contribution in [0.25, 0.3) is 22.7 Å². The number of aromatic carboxylic acids is 1. The minimum absolute atomic E-state index is 0.183. The number of ether oxygens (including phenoxy) is 2. The van der Waals surface area contributed by atoms with E-state index in [2.05, 4.69) is 4.98 Å². The third-order valence-electron chi connectivity index (χ3n) is 6.32. The Hall–Kier alpha value is -3.60. The molecule has 2 aromatic heterocycles. The van der Waals surface area contributed by atoms with Gasteiger partial charge in [0.2, 0.25) is 5.89 Å². The lowest BCUT2D eigenvalue weighted by Gasteiger charge is -2.39. The van der Waals surface area contributed by atoms with Crippen molar-refractivity contribution in [3.05, 3.63) is 57.7 Å². The molecule has 0 bridgehead atoms. The summed E-state index contributed by atoms with van der Waals surface area (Å²) in [5.41, 5.74) is -0.539. The van der Waals surface area contributed by atoms with Gasteiger partial charge in [0.1, 0.15) is 17.6 Å². The average molecular weight is 521 g/mol. The van der Waals surface area contributed by atoms with Crippen LogP contribution in [-0.2, 0) is 17.3 Å². The highest BCUT2D eigenvalue weighted by atomic mass is 19.4. The van der Waals surface area contributed by atoms with Crippen molar-refractivity contribution in [3.63, 3.8) is 0 Å². The van der Waals surface area contributed by atoms with Gasteiger partial charge in [-0.1, -0.05) is 20.8 Å². The maximum absolute atomic E-state index is 13.2. The van der Waals surface area contributed by atoms with Crippen molar-refractivity contribution in [2.75, 3.05) is 20.3 Å². The molecule has 198 valence electrons. The molecule has 1 unspecified atom stereocenters. The molecule has 0 spiro atoms. The normalized spacial score (nSPS) is 15.3. The van der Waals surface area contributed by atoms with Gasteiger partial charge in [-0.05, 0) is 29.5 Å². The predicted molar refractivity (Wildman–Crippen MR) is 128 cm³/mol. The van der Waals surface area contributed by atoms with E-state index in [-0.39, 0.29) is 40.8 Å². The highest BCUT2D eigenvalue weighted by molar-refractivity contribution is 5.88. The van der Waals surface area contributed by atoms with E-state index < -0.39 is 23.3 Å². The van der Waals surface area contributed by atoms with Crippen molar-refractivity contribution in [1.29, 1.82) is 0 Å². The van der Waals surface area contributed by atoms with Crippen LogP contribution in [0.15, 0.2) is 39.9 Å². The third kappa shape index (κ3) is 5.27. The molecule has 0 aliphatic carbocycles. The van der Waals surface area contributed by atoms with Crippen LogP contribution in [0.1, 0.15) is 54.8 Å². The van der Waals surface area contributed by atoms with Gasteiger partial charge in [-0.25, -0.2) is 9.78 Å². The number of carbonyl (C=O) groups is 1. The third-order valence-corrected chi connectivity index (χ3v) is 6.32. The lowest BCUT2D eigenvalue weighted by atomic mass is 9.78. The van der Waals surface area contributed by atoms with Crippen LogP contribution in [-0.4, -0.2) is 41.0 Å². The van der Waals surface area contributed by atoms with E-state index in [1.54, 1.807) is 23.8 Å². The maximum atomic E-state index is 13.2. The highest BCUT2D eigenvalue weighted by Crippen LogP contribution is 2.46. The summed E-state index contributed by atoms with van der Waals surface area (Å²) in [7, 11) is 1.55. The second kappa shape index (κ2) is 9.70. The van der Waals surface area contributed by atoms with E-state index in [9.17, 15) is 27.9 Å². The van der Waals surface area contributed by atoms with Crippen molar-refractivity contribution >= 4 is 5.97 Å². The number of fused-ring (bicyclic) bond motifs is 3. The summed E-state index contributed by atoms with van der Waals surface area (Å²) in [6.45, 7) is 6.70. The number of pyridine rings is 1. The Morgan fingerprint density at radius 3 is 2.51 bits per heavy atom. The summed E-state index contributed by atoms with van der Waals surface area (Å²) >= 11 is 0. The molecule has 3 aromatic rings. The molecule has 37 heavy (non-hydrogen) atoms. The van der Waals surface area contributed by atoms with Gasteiger partial charge < -0.3 is 23.6 Å². The Morgan fingerprint density at radius 2 is 1.92 bits per heavy atom. The molecule has 0 amide bonds. The van der Waals surface area contributed by atoms with Crippen molar-refractivity contribution in [2.24, 2.45) is 5.41 Å². The summed E-state index contributed by atoms with van der Waals surface area (Å²) < 4.78 is 57.6. The zero-order chi connectivity index (χ0) is 27.1. The van der Waals surface area contributed by atoms with Gasteiger partial charge in [-0.3, -0.25) is 4.79 Å². The van der Waals surface area contributed by atoms with Gasteiger partial charge in [0.15, 0.2) is 11.1 Å². The lowest BCUT2D eigenvalue weighted by Crippen LogP contribution is -2.32. The number of hydrogen-bond donors (Lipinski definition) is 1. The van der Waals surface area contributed by atoms with Crippen LogP contribution in [0.5, 0.6) is 5.75 Å². The number of hydrogen-bond acceptors (Lipinski definition) is 6. The predicted octanol–water partition coefficient (Wildman–Crippen LogP) is 5.45. The second-order valence-corrected chi connectivity index (χ2v) is 9.97. The Kier molecular flexibility index (Phi) is 6.93. The van der Waals surface area contributed by atoms with Crippen molar-refractivity contribution < 1.29 is 37.0 Å². The monoisotopic (exact) mass is 520 g/mol. The zero-order valence-electron chi connectivity index (χ0n) is 20.8. The van der Waals surface area contributed by atoms with Crippen LogP contribution in [0.3, 0.4) is 0 Å². The summed E-state index contributed by atoms with van der Waals surface area (Å²) in [4.78, 5) is 28.0. The van der Waals surface area contributed by atoms with Crippen LogP contribution in [0.2, 0.25) is 0 Å². The molecule has 1 atom stereocenters. The van der Waals surface area contributed by atoms with Crippen molar-refractivity contribution in [2.45, 2.75) is 45.8 Å². The number of halogens is 3. The summed E-state index contributed by atoms with van der Waals surface area (Å²) in [5, 5.41) is 9.52. The number of aromatic nitrogens is 2. The molecular formula is C26H27F3N2O6. The van der Waals surface area contributed by atoms with Gasteiger partial charge in [0.05, 0.1) is 17.9 Å². The van der Waals surface area contributed by atoms with Crippen LogP contribution in [0, 0.1) is 5.41 Å². The zero-order valence-corrected chi connectivity index (χ0v) is 20.8. The van der Waals surface area contributed by atoms with Crippen LogP contribution < -0.4 is 10.2 Å². The molecule has 0 saturated carbocycles. The number of benzene rings is 1. The number of carboxylic acid groups (broad SMARTS) is 1. The molecule has 1 N–H and O–H groups in total. The molecule has 8 nitrogen and oxygen atoms in total. The molecule has 3 heterocycles. The molecule has 1 aliphatic heterocycles. The SMILES string of the molecule is COCCCOc1cc2c(cc1-c1nc(C(F)(F)F)co1)-c1cc(=O)c(C(=O)O)cn1C(C(C)(C)C)C2. The molecule has 4 rings (SSSR count). The van der Waals surface area contributed by atoms with Gasteiger partial charge in [-0.2, -0.15) is 13.2 Å². The summed E-state index contributed by atoms with van der Waals surface area (Å²) in [6.07, 6.45) is -1.80. The van der Waals surface area contributed by atoms with Gasteiger partial charge in [-0.15, -0.1) is 0 Å². The molecular weight excluding hydrogens is 493 g/mol. The first-order valence-corrected chi connectivity index (χ1v) is 11.6. The largest absolute Gasteiger partial charge is 0.493 e. The summed E-state index contributed by atoms with van der Waals surface area (Å²) in [6, 6.07) is 4.35. The van der Waals surface area contributed by atoms with E-state index in [0.717, 1.165) is 5.56 Å². The standard InChI is InChI=1S/C26H27F3N2O6/c1-25(2,3)22-9-14-8-20(36-7-5-6-35-4)16(23-30-21(13-37-23)26(27,28)29)10-15(14)18-11-19(32)17(24(33)34)12-31(18)22/h8,10-13,22H,5-7,9H2,1-4H3,(H,33,34). The molecule has 0 saturated heterocycles. The van der Waals surface area contributed by atoms with E-state index in [4.69, 9.17) is 13.9 Å². The van der Waals surface area contributed by atoms with Crippen molar-refractivity contribution in [1.82, 2.24) is 9.55 Å². The number of carboxylic acids is 1. The number of methoxy groups -OCH3 is 1. The Morgan fingerprint density at radius 1 is 1.19 bits per heavy atom. The second-order valence-electron chi connectivity index (χ2n) is 9.97. The lowest BCUT2D eigenvalue weighted by molar-refractivity contribution is -0.141. The minimum atomic E-state index is -4.69. The molecule has 11 heteroatoms. The van der Waals surface area contributed by atoms with Gasteiger partial charge in [0.25, 0.3) is 0 Å². The topological polar surface area (TPSA) is 104 Å². The molecule has 0 fully saturated rings. The summed E-state index contributed by atoms with van der Waals surface area (Å²) in [5.74, 6) is -1.33.